The van der Waals surface area contributed by atoms with Gasteiger partial charge in [-0.15, -0.1) is 0 Å². The molecule has 3 heteroatoms. The van der Waals surface area contributed by atoms with E-state index >= 15 is 0 Å². The molecule has 0 amide bonds. The highest BCUT2D eigenvalue weighted by Crippen LogP contribution is 2.30. The van der Waals surface area contributed by atoms with Crippen LogP contribution in [-0.4, -0.2) is 5.11 Å². The minimum absolute atomic E-state index is 0.478. The minimum atomic E-state index is -0.478. The van der Waals surface area contributed by atoms with Crippen molar-refractivity contribution in [3.05, 3.63) is 45.5 Å². The molecule has 17 heavy (non-hydrogen) atoms. The smallest absolute Gasteiger partial charge is 0.0827 e. The third-order valence-electron chi connectivity index (χ3n) is 3.17. The molecule has 1 N–H and O–H groups in total. The van der Waals surface area contributed by atoms with E-state index in [1.807, 2.05) is 6.07 Å². The summed E-state index contributed by atoms with van der Waals surface area (Å²) in [7, 11) is 0. The first-order valence-electron chi connectivity index (χ1n) is 5.98. The van der Waals surface area contributed by atoms with Crippen LogP contribution in [-0.2, 0) is 0 Å². The minimum Gasteiger partial charge on any atom is -0.388 e. The van der Waals surface area contributed by atoms with Gasteiger partial charge in [0, 0.05) is 0 Å². The van der Waals surface area contributed by atoms with Crippen LogP contribution in [0.5, 0.6) is 0 Å². The molecule has 0 spiro atoms. The standard InChI is InChI=1S/C14H16Cl2O/c15-12-7-6-11(9-13(12)16)14(17)8-10-4-2-1-3-5-10/h4,6-7,9,14,17H,1-3,5,8H2. The molecule has 1 aromatic carbocycles. The molecule has 0 saturated carbocycles. The van der Waals surface area contributed by atoms with Gasteiger partial charge in [-0.25, -0.2) is 0 Å². The third kappa shape index (κ3) is 3.48. The molecular formula is C14H16Cl2O. The van der Waals surface area contributed by atoms with Gasteiger partial charge >= 0.3 is 0 Å². The first-order chi connectivity index (χ1) is 8.16. The van der Waals surface area contributed by atoms with E-state index < -0.39 is 6.10 Å². The van der Waals surface area contributed by atoms with E-state index in [9.17, 15) is 5.11 Å². The summed E-state index contributed by atoms with van der Waals surface area (Å²) in [4.78, 5) is 0. The second kappa shape index (κ2) is 5.90. The second-order valence-electron chi connectivity index (χ2n) is 4.50. The fourth-order valence-electron chi connectivity index (χ4n) is 2.18. The average molecular weight is 271 g/mol. The lowest BCUT2D eigenvalue weighted by Crippen LogP contribution is -2.01. The lowest BCUT2D eigenvalue weighted by atomic mass is 9.93. The molecule has 0 radical (unpaired) electrons. The van der Waals surface area contributed by atoms with E-state index in [2.05, 4.69) is 6.08 Å². The fraction of sp³-hybridized carbons (Fsp3) is 0.429. The number of hydrogen-bond acceptors (Lipinski definition) is 1. The molecule has 1 unspecified atom stereocenters. The summed E-state index contributed by atoms with van der Waals surface area (Å²) in [5, 5.41) is 11.2. The van der Waals surface area contributed by atoms with Crippen LogP contribution in [0.25, 0.3) is 0 Å². The molecule has 1 aromatic rings. The number of rotatable bonds is 3. The Morgan fingerprint density at radius 1 is 1.18 bits per heavy atom. The van der Waals surface area contributed by atoms with E-state index in [4.69, 9.17) is 23.2 Å². The van der Waals surface area contributed by atoms with Crippen molar-refractivity contribution >= 4 is 23.2 Å². The Morgan fingerprint density at radius 2 is 2.00 bits per heavy atom. The van der Waals surface area contributed by atoms with Gasteiger partial charge in [0.05, 0.1) is 16.1 Å². The summed E-state index contributed by atoms with van der Waals surface area (Å²) in [5.41, 5.74) is 2.20. The van der Waals surface area contributed by atoms with E-state index in [1.54, 1.807) is 12.1 Å². The van der Waals surface area contributed by atoms with Gasteiger partial charge in [-0.05, 0) is 49.8 Å². The highest BCUT2D eigenvalue weighted by Gasteiger charge is 2.13. The maximum absolute atomic E-state index is 10.1. The molecular weight excluding hydrogens is 255 g/mol. The molecule has 1 atom stereocenters. The topological polar surface area (TPSA) is 20.2 Å². The largest absolute Gasteiger partial charge is 0.388 e. The number of hydrogen-bond donors (Lipinski definition) is 1. The van der Waals surface area contributed by atoms with Gasteiger partial charge in [0.2, 0.25) is 0 Å². The fourth-order valence-corrected chi connectivity index (χ4v) is 2.48. The number of aliphatic hydroxyl groups excluding tert-OH is 1. The molecule has 0 heterocycles. The van der Waals surface area contributed by atoms with Crippen molar-refractivity contribution in [3.63, 3.8) is 0 Å². The predicted molar refractivity (Wildman–Crippen MR) is 72.6 cm³/mol. The van der Waals surface area contributed by atoms with Gasteiger partial charge in [-0.2, -0.15) is 0 Å². The Bertz CT molecular complexity index is 426. The van der Waals surface area contributed by atoms with Gasteiger partial charge in [0.1, 0.15) is 0 Å². The molecule has 2 rings (SSSR count). The van der Waals surface area contributed by atoms with Crippen LogP contribution in [0.2, 0.25) is 10.0 Å². The zero-order valence-corrected chi connectivity index (χ0v) is 11.1. The normalized spacial score (nSPS) is 17.7. The predicted octanol–water partition coefficient (Wildman–Crippen LogP) is 4.92. The molecule has 0 aliphatic heterocycles. The van der Waals surface area contributed by atoms with Crippen molar-refractivity contribution in [2.24, 2.45) is 0 Å². The zero-order chi connectivity index (χ0) is 12.3. The highest BCUT2D eigenvalue weighted by atomic mass is 35.5. The van der Waals surface area contributed by atoms with Crippen molar-refractivity contribution in [2.75, 3.05) is 0 Å². The molecule has 1 aliphatic rings. The van der Waals surface area contributed by atoms with Crippen molar-refractivity contribution in [3.8, 4) is 0 Å². The van der Waals surface area contributed by atoms with Crippen molar-refractivity contribution in [1.82, 2.24) is 0 Å². The van der Waals surface area contributed by atoms with Crippen LogP contribution in [0.15, 0.2) is 29.8 Å². The van der Waals surface area contributed by atoms with Gasteiger partial charge in [0.25, 0.3) is 0 Å². The summed E-state index contributed by atoms with van der Waals surface area (Å²) in [6.07, 6.45) is 7.24. The van der Waals surface area contributed by atoms with Crippen LogP contribution in [0.4, 0.5) is 0 Å². The Balaban J connectivity index is 2.06. The Kier molecular flexibility index (Phi) is 4.49. The first-order valence-corrected chi connectivity index (χ1v) is 6.73. The second-order valence-corrected chi connectivity index (χ2v) is 5.32. The molecule has 92 valence electrons. The Hall–Kier alpha value is -0.500. The summed E-state index contributed by atoms with van der Waals surface area (Å²) < 4.78 is 0. The van der Waals surface area contributed by atoms with Gasteiger partial charge in [-0.1, -0.05) is 40.9 Å². The van der Waals surface area contributed by atoms with Crippen molar-refractivity contribution in [1.29, 1.82) is 0 Å². The van der Waals surface area contributed by atoms with Crippen LogP contribution >= 0.6 is 23.2 Å². The number of allylic oxidation sites excluding steroid dienone is 1. The highest BCUT2D eigenvalue weighted by molar-refractivity contribution is 6.42. The lowest BCUT2D eigenvalue weighted by molar-refractivity contribution is 0.176. The zero-order valence-electron chi connectivity index (χ0n) is 9.63. The summed E-state index contributed by atoms with van der Waals surface area (Å²) in [6, 6.07) is 5.32. The van der Waals surface area contributed by atoms with Crippen LogP contribution in [0, 0.1) is 0 Å². The van der Waals surface area contributed by atoms with Crippen LogP contribution in [0.3, 0.4) is 0 Å². The van der Waals surface area contributed by atoms with Crippen molar-refractivity contribution < 1.29 is 5.11 Å². The Morgan fingerprint density at radius 3 is 2.65 bits per heavy atom. The molecule has 1 nitrogen and oxygen atoms in total. The average Bonchev–Trinajstić information content (AvgIpc) is 2.34. The molecule has 0 saturated heterocycles. The summed E-state index contributed by atoms with van der Waals surface area (Å²) in [6.45, 7) is 0. The lowest BCUT2D eigenvalue weighted by Gasteiger charge is -2.17. The maximum atomic E-state index is 10.1. The molecule has 1 aliphatic carbocycles. The van der Waals surface area contributed by atoms with E-state index in [-0.39, 0.29) is 0 Å². The molecule has 0 bridgehead atoms. The monoisotopic (exact) mass is 270 g/mol. The Labute approximate surface area is 112 Å². The SMILES string of the molecule is OC(CC1=CCCCC1)c1ccc(Cl)c(Cl)c1. The molecule has 0 aromatic heterocycles. The van der Waals surface area contributed by atoms with E-state index in [0.717, 1.165) is 18.4 Å². The van der Waals surface area contributed by atoms with Crippen molar-refractivity contribution in [2.45, 2.75) is 38.2 Å². The number of aliphatic hydroxyl groups is 1. The molecule has 0 fully saturated rings. The van der Waals surface area contributed by atoms with Gasteiger partial charge < -0.3 is 5.11 Å². The third-order valence-corrected chi connectivity index (χ3v) is 3.91. The summed E-state index contributed by atoms with van der Waals surface area (Å²) in [5.74, 6) is 0. The van der Waals surface area contributed by atoms with Crippen LogP contribution < -0.4 is 0 Å². The first kappa shape index (κ1) is 12.9. The number of halogens is 2. The van der Waals surface area contributed by atoms with E-state index in [0.29, 0.717) is 16.5 Å². The maximum Gasteiger partial charge on any atom is 0.0827 e. The van der Waals surface area contributed by atoms with Crippen LogP contribution in [0.1, 0.15) is 43.8 Å². The van der Waals surface area contributed by atoms with Gasteiger partial charge in [-0.3, -0.25) is 0 Å². The van der Waals surface area contributed by atoms with Gasteiger partial charge in [0.15, 0.2) is 0 Å². The number of benzene rings is 1. The quantitative estimate of drug-likeness (QED) is 0.774. The van der Waals surface area contributed by atoms with E-state index in [1.165, 1.54) is 18.4 Å². The summed E-state index contributed by atoms with van der Waals surface area (Å²) >= 11 is 11.8.